The van der Waals surface area contributed by atoms with E-state index in [1.807, 2.05) is 24.7 Å². The smallest absolute Gasteiger partial charge is 0.228 e. The van der Waals surface area contributed by atoms with E-state index in [1.54, 1.807) is 6.20 Å². The van der Waals surface area contributed by atoms with Crippen LogP contribution < -0.4 is 11.1 Å². The maximum atomic E-state index is 12.0. The number of anilines is 1. The van der Waals surface area contributed by atoms with Crippen molar-refractivity contribution in [1.29, 1.82) is 0 Å². The number of amides is 1. The summed E-state index contributed by atoms with van der Waals surface area (Å²) in [5, 5.41) is 7.06. The first-order valence-corrected chi connectivity index (χ1v) is 6.49. The monoisotopic (exact) mass is 252 g/mol. The van der Waals surface area contributed by atoms with Gasteiger partial charge in [0.15, 0.2) is 0 Å². The van der Waals surface area contributed by atoms with Crippen LogP contribution in [0, 0.1) is 11.8 Å². The number of nitrogens with zero attached hydrogens (tertiary/aromatic N) is 2. The molecule has 0 radical (unpaired) electrons. The molecule has 0 saturated carbocycles. The number of rotatable bonds is 6. The number of aromatic nitrogens is 2. The summed E-state index contributed by atoms with van der Waals surface area (Å²) in [5.41, 5.74) is 6.38. The second-order valence-corrected chi connectivity index (χ2v) is 5.35. The lowest BCUT2D eigenvalue weighted by molar-refractivity contribution is -0.120. The van der Waals surface area contributed by atoms with Crippen LogP contribution in [0.25, 0.3) is 0 Å². The van der Waals surface area contributed by atoms with Crippen LogP contribution in [0.1, 0.15) is 40.2 Å². The maximum absolute atomic E-state index is 12.0. The van der Waals surface area contributed by atoms with Crippen LogP contribution in [-0.2, 0) is 4.79 Å². The molecule has 5 nitrogen and oxygen atoms in total. The Balaban J connectivity index is 2.61. The van der Waals surface area contributed by atoms with E-state index in [2.05, 4.69) is 24.3 Å². The SMILES string of the molecule is CC(C)CC(CN)C(=O)Nc1cnn(C(C)C)c1. The Bertz CT molecular complexity index is 384. The molecule has 5 heteroatoms. The van der Waals surface area contributed by atoms with Gasteiger partial charge in [0.1, 0.15) is 0 Å². The first-order valence-electron chi connectivity index (χ1n) is 6.49. The van der Waals surface area contributed by atoms with E-state index in [1.165, 1.54) is 0 Å². The largest absolute Gasteiger partial charge is 0.330 e. The van der Waals surface area contributed by atoms with Crippen molar-refractivity contribution in [1.82, 2.24) is 9.78 Å². The average molecular weight is 252 g/mol. The Labute approximate surface area is 109 Å². The van der Waals surface area contributed by atoms with Gasteiger partial charge >= 0.3 is 0 Å². The highest BCUT2D eigenvalue weighted by molar-refractivity contribution is 5.92. The third-order valence-electron chi connectivity index (χ3n) is 2.81. The highest BCUT2D eigenvalue weighted by Gasteiger charge is 2.18. The minimum absolute atomic E-state index is 0.0190. The molecule has 0 bridgehead atoms. The van der Waals surface area contributed by atoms with Crippen LogP contribution in [-0.4, -0.2) is 22.2 Å². The van der Waals surface area contributed by atoms with Gasteiger partial charge in [-0.3, -0.25) is 9.48 Å². The standard InChI is InChI=1S/C13H24N4O/c1-9(2)5-11(6-14)13(18)16-12-7-15-17(8-12)10(3)4/h7-11H,5-6,14H2,1-4H3,(H,16,18). The number of nitrogens with two attached hydrogens (primary N) is 1. The summed E-state index contributed by atoms with van der Waals surface area (Å²) in [6.45, 7) is 8.64. The van der Waals surface area contributed by atoms with Gasteiger partial charge < -0.3 is 11.1 Å². The summed E-state index contributed by atoms with van der Waals surface area (Å²) in [7, 11) is 0. The Morgan fingerprint density at radius 3 is 2.56 bits per heavy atom. The third-order valence-corrected chi connectivity index (χ3v) is 2.81. The van der Waals surface area contributed by atoms with Gasteiger partial charge in [0.05, 0.1) is 17.8 Å². The van der Waals surface area contributed by atoms with Crippen LogP contribution in [0.5, 0.6) is 0 Å². The van der Waals surface area contributed by atoms with E-state index in [4.69, 9.17) is 5.73 Å². The molecule has 0 aromatic carbocycles. The van der Waals surface area contributed by atoms with Gasteiger partial charge in [0.2, 0.25) is 5.91 Å². The number of hydrogen-bond donors (Lipinski definition) is 2. The Morgan fingerprint density at radius 2 is 2.11 bits per heavy atom. The molecular formula is C13H24N4O. The van der Waals surface area contributed by atoms with Gasteiger partial charge in [0, 0.05) is 18.8 Å². The minimum Gasteiger partial charge on any atom is -0.330 e. The zero-order chi connectivity index (χ0) is 13.7. The molecule has 0 aliphatic carbocycles. The molecule has 0 aliphatic heterocycles. The molecule has 1 heterocycles. The second kappa shape index (κ2) is 6.54. The first-order chi connectivity index (χ1) is 8.43. The Kier molecular flexibility index (Phi) is 5.34. The zero-order valence-corrected chi connectivity index (χ0v) is 11.7. The summed E-state index contributed by atoms with van der Waals surface area (Å²) >= 11 is 0. The van der Waals surface area contributed by atoms with E-state index in [0.29, 0.717) is 12.5 Å². The molecule has 1 atom stereocenters. The molecule has 0 saturated heterocycles. The number of hydrogen-bond acceptors (Lipinski definition) is 3. The molecule has 102 valence electrons. The highest BCUT2D eigenvalue weighted by atomic mass is 16.1. The number of carbonyl (C=O) groups is 1. The number of carbonyl (C=O) groups excluding carboxylic acids is 1. The fourth-order valence-electron chi connectivity index (χ4n) is 1.81. The van der Waals surface area contributed by atoms with Crippen LogP contribution >= 0.6 is 0 Å². The van der Waals surface area contributed by atoms with Crippen LogP contribution in [0.15, 0.2) is 12.4 Å². The normalized spacial score (nSPS) is 13.1. The molecule has 0 aliphatic rings. The van der Waals surface area contributed by atoms with Gasteiger partial charge in [-0.15, -0.1) is 0 Å². The molecule has 1 unspecified atom stereocenters. The fraction of sp³-hybridized carbons (Fsp3) is 0.692. The summed E-state index contributed by atoms with van der Waals surface area (Å²) in [6, 6.07) is 0.289. The molecule has 1 amide bonds. The van der Waals surface area contributed by atoms with E-state index >= 15 is 0 Å². The van der Waals surface area contributed by atoms with E-state index < -0.39 is 0 Å². The van der Waals surface area contributed by atoms with Gasteiger partial charge in [-0.25, -0.2) is 0 Å². The highest BCUT2D eigenvalue weighted by Crippen LogP contribution is 2.15. The topological polar surface area (TPSA) is 72.9 Å². The van der Waals surface area contributed by atoms with Gasteiger partial charge in [-0.05, 0) is 26.2 Å². The van der Waals surface area contributed by atoms with Crippen molar-refractivity contribution < 1.29 is 4.79 Å². The predicted molar refractivity (Wildman–Crippen MR) is 73.2 cm³/mol. The Hall–Kier alpha value is -1.36. The average Bonchev–Trinajstić information content (AvgIpc) is 2.74. The third kappa shape index (κ3) is 4.14. The molecule has 1 aromatic heterocycles. The quantitative estimate of drug-likeness (QED) is 0.813. The van der Waals surface area contributed by atoms with E-state index in [9.17, 15) is 4.79 Å². The molecule has 18 heavy (non-hydrogen) atoms. The lowest BCUT2D eigenvalue weighted by Crippen LogP contribution is -2.30. The fourth-order valence-corrected chi connectivity index (χ4v) is 1.81. The van der Waals surface area contributed by atoms with Crippen molar-refractivity contribution in [2.45, 2.75) is 40.2 Å². The molecule has 1 rings (SSSR count). The molecular weight excluding hydrogens is 228 g/mol. The summed E-state index contributed by atoms with van der Waals surface area (Å²) in [4.78, 5) is 12.0. The molecule has 3 N–H and O–H groups in total. The summed E-state index contributed by atoms with van der Waals surface area (Å²) in [5.74, 6) is 0.310. The molecule has 1 aromatic rings. The lowest BCUT2D eigenvalue weighted by atomic mass is 9.96. The zero-order valence-electron chi connectivity index (χ0n) is 11.7. The van der Waals surface area contributed by atoms with E-state index in [-0.39, 0.29) is 17.9 Å². The van der Waals surface area contributed by atoms with Crippen molar-refractivity contribution in [2.24, 2.45) is 17.6 Å². The molecule has 0 fully saturated rings. The van der Waals surface area contributed by atoms with Crippen molar-refractivity contribution in [3.8, 4) is 0 Å². The first kappa shape index (κ1) is 14.7. The van der Waals surface area contributed by atoms with Crippen molar-refractivity contribution >= 4 is 11.6 Å². The lowest BCUT2D eigenvalue weighted by Gasteiger charge is -2.16. The Morgan fingerprint density at radius 1 is 1.44 bits per heavy atom. The second-order valence-electron chi connectivity index (χ2n) is 5.35. The predicted octanol–water partition coefficient (Wildman–Crippen LogP) is 2.02. The van der Waals surface area contributed by atoms with Crippen LogP contribution in [0.4, 0.5) is 5.69 Å². The van der Waals surface area contributed by atoms with Crippen molar-refractivity contribution in [3.63, 3.8) is 0 Å². The van der Waals surface area contributed by atoms with Crippen LogP contribution in [0.3, 0.4) is 0 Å². The summed E-state index contributed by atoms with van der Waals surface area (Å²) in [6.07, 6.45) is 4.31. The number of nitrogens with one attached hydrogen (secondary N) is 1. The summed E-state index contributed by atoms with van der Waals surface area (Å²) < 4.78 is 1.81. The van der Waals surface area contributed by atoms with Crippen LogP contribution in [0.2, 0.25) is 0 Å². The van der Waals surface area contributed by atoms with Gasteiger partial charge in [-0.2, -0.15) is 5.10 Å². The minimum atomic E-state index is -0.132. The van der Waals surface area contributed by atoms with Gasteiger partial charge in [-0.1, -0.05) is 13.8 Å². The van der Waals surface area contributed by atoms with Crippen molar-refractivity contribution in [2.75, 3.05) is 11.9 Å². The van der Waals surface area contributed by atoms with E-state index in [0.717, 1.165) is 12.1 Å². The molecule has 0 spiro atoms. The van der Waals surface area contributed by atoms with Gasteiger partial charge in [0.25, 0.3) is 0 Å². The van der Waals surface area contributed by atoms with Crippen molar-refractivity contribution in [3.05, 3.63) is 12.4 Å². The maximum Gasteiger partial charge on any atom is 0.228 e.